The number of hydrogen-bond acceptors (Lipinski definition) is 6. The largest absolute Gasteiger partial charge is 0.340 e. The van der Waals surface area contributed by atoms with Crippen LogP contribution in [0.4, 0.5) is 5.82 Å². The molecule has 0 saturated heterocycles. The SMILES string of the molecule is CCc1c(C)nc(-c2ccc(Cl)s2)nc1NC1=CCC2=CS(=O)(=O)CC2=C1. The molecule has 1 aliphatic carbocycles. The highest BCUT2D eigenvalue weighted by molar-refractivity contribution is 7.94. The van der Waals surface area contributed by atoms with Crippen LogP contribution in [0.3, 0.4) is 0 Å². The van der Waals surface area contributed by atoms with E-state index in [1.807, 2.05) is 31.2 Å². The van der Waals surface area contributed by atoms with Gasteiger partial charge in [0.25, 0.3) is 0 Å². The molecule has 2 aromatic heterocycles. The molecule has 0 amide bonds. The lowest BCUT2D eigenvalue weighted by molar-refractivity contribution is 0.608. The third-order valence-corrected chi connectivity index (χ3v) is 7.17. The molecular weight excluding hydrogens is 402 g/mol. The molecule has 0 aromatic carbocycles. The predicted octanol–water partition coefficient (Wildman–Crippen LogP) is 4.67. The lowest BCUT2D eigenvalue weighted by Gasteiger charge is -2.17. The second-order valence-corrected chi connectivity index (χ2v) is 10.1. The Morgan fingerprint density at radius 2 is 2.07 bits per heavy atom. The first kappa shape index (κ1) is 18.4. The Labute approximate surface area is 167 Å². The summed E-state index contributed by atoms with van der Waals surface area (Å²) in [6, 6.07) is 3.75. The summed E-state index contributed by atoms with van der Waals surface area (Å²) < 4.78 is 24.3. The molecule has 27 heavy (non-hydrogen) atoms. The molecule has 4 rings (SSSR count). The predicted molar refractivity (Wildman–Crippen MR) is 111 cm³/mol. The minimum absolute atomic E-state index is 0.0731. The van der Waals surface area contributed by atoms with Crippen LogP contribution in [-0.4, -0.2) is 24.1 Å². The monoisotopic (exact) mass is 419 g/mol. The standard InChI is InChI=1S/C19H18ClN3O2S2/c1-3-15-11(2)21-19(16-6-7-17(20)26-16)23-18(15)22-14-5-4-12-9-27(24,25)10-13(12)8-14/h5-9H,3-4,10H2,1-2H3,(H,21,22,23). The van der Waals surface area contributed by atoms with Crippen LogP contribution in [0, 0.1) is 6.92 Å². The number of fused-ring (bicyclic) bond motifs is 1. The van der Waals surface area contributed by atoms with Crippen molar-refractivity contribution in [1.82, 2.24) is 9.97 Å². The van der Waals surface area contributed by atoms with Crippen LogP contribution in [0.2, 0.25) is 4.34 Å². The van der Waals surface area contributed by atoms with Crippen LogP contribution in [0.1, 0.15) is 24.6 Å². The number of aromatic nitrogens is 2. The minimum Gasteiger partial charge on any atom is -0.340 e. The average Bonchev–Trinajstić information content (AvgIpc) is 3.15. The molecule has 0 saturated carbocycles. The fourth-order valence-electron chi connectivity index (χ4n) is 3.31. The van der Waals surface area contributed by atoms with Crippen molar-refractivity contribution in [1.29, 1.82) is 0 Å². The number of allylic oxidation sites excluding steroid dienone is 3. The summed E-state index contributed by atoms with van der Waals surface area (Å²) in [5.41, 5.74) is 4.56. The Hall–Kier alpha value is -1.96. The van der Waals surface area contributed by atoms with Gasteiger partial charge in [-0.2, -0.15) is 0 Å². The van der Waals surface area contributed by atoms with Crippen LogP contribution >= 0.6 is 22.9 Å². The van der Waals surface area contributed by atoms with Crippen LogP contribution in [0.5, 0.6) is 0 Å². The second kappa shape index (κ2) is 6.89. The third-order valence-electron chi connectivity index (χ3n) is 4.59. The zero-order valence-corrected chi connectivity index (χ0v) is 17.3. The van der Waals surface area contributed by atoms with Gasteiger partial charge >= 0.3 is 0 Å². The molecule has 1 aliphatic heterocycles. The quantitative estimate of drug-likeness (QED) is 0.779. The van der Waals surface area contributed by atoms with E-state index in [4.69, 9.17) is 16.6 Å². The van der Waals surface area contributed by atoms with Crippen molar-refractivity contribution in [3.63, 3.8) is 0 Å². The van der Waals surface area contributed by atoms with E-state index in [0.29, 0.717) is 16.6 Å². The highest BCUT2D eigenvalue weighted by atomic mass is 35.5. The van der Waals surface area contributed by atoms with E-state index in [2.05, 4.69) is 17.2 Å². The Kier molecular flexibility index (Phi) is 4.70. The molecule has 0 atom stereocenters. The molecule has 140 valence electrons. The molecule has 0 fully saturated rings. The molecule has 0 unspecified atom stereocenters. The van der Waals surface area contributed by atoms with E-state index in [1.165, 1.54) is 16.7 Å². The van der Waals surface area contributed by atoms with Gasteiger partial charge in [0.1, 0.15) is 5.82 Å². The van der Waals surface area contributed by atoms with Gasteiger partial charge in [-0.1, -0.05) is 24.6 Å². The average molecular weight is 420 g/mol. The number of hydrogen-bond donors (Lipinski definition) is 1. The first-order valence-corrected chi connectivity index (χ1v) is 11.5. The highest BCUT2D eigenvalue weighted by Gasteiger charge is 2.25. The molecule has 0 bridgehead atoms. The van der Waals surface area contributed by atoms with E-state index in [-0.39, 0.29) is 5.75 Å². The van der Waals surface area contributed by atoms with Crippen molar-refractivity contribution < 1.29 is 8.42 Å². The Balaban J connectivity index is 1.69. The molecule has 0 radical (unpaired) electrons. The van der Waals surface area contributed by atoms with Crippen molar-refractivity contribution in [3.05, 3.63) is 62.1 Å². The fraction of sp³-hybridized carbons (Fsp3) is 0.263. The summed E-state index contributed by atoms with van der Waals surface area (Å²) in [6.45, 7) is 4.04. The maximum atomic E-state index is 11.8. The zero-order chi connectivity index (χ0) is 19.2. The van der Waals surface area contributed by atoms with Gasteiger partial charge in [0.15, 0.2) is 15.7 Å². The van der Waals surface area contributed by atoms with Gasteiger partial charge in [-0.25, -0.2) is 18.4 Å². The van der Waals surface area contributed by atoms with E-state index >= 15 is 0 Å². The molecule has 1 N–H and O–H groups in total. The Bertz CT molecular complexity index is 1130. The summed E-state index contributed by atoms with van der Waals surface area (Å²) in [5, 5.41) is 4.77. The number of anilines is 1. The summed E-state index contributed by atoms with van der Waals surface area (Å²) in [4.78, 5) is 10.3. The molecule has 5 nitrogen and oxygen atoms in total. The van der Waals surface area contributed by atoms with E-state index in [9.17, 15) is 8.42 Å². The topological polar surface area (TPSA) is 72.0 Å². The molecule has 8 heteroatoms. The van der Waals surface area contributed by atoms with Gasteiger partial charge in [0.05, 0.1) is 15.0 Å². The Morgan fingerprint density at radius 3 is 2.78 bits per heavy atom. The summed E-state index contributed by atoms with van der Waals surface area (Å²) in [7, 11) is -3.11. The summed E-state index contributed by atoms with van der Waals surface area (Å²) in [6.07, 6.45) is 5.29. The smallest absolute Gasteiger partial charge is 0.176 e. The van der Waals surface area contributed by atoms with Gasteiger partial charge < -0.3 is 5.32 Å². The normalized spacial score (nSPS) is 17.8. The highest BCUT2D eigenvalue weighted by Crippen LogP contribution is 2.33. The number of thiophene rings is 1. The lowest BCUT2D eigenvalue weighted by Crippen LogP contribution is -2.10. The number of aryl methyl sites for hydroxylation is 1. The van der Waals surface area contributed by atoms with E-state index in [1.54, 1.807) is 0 Å². The number of nitrogens with zero attached hydrogens (tertiary/aromatic N) is 2. The zero-order valence-electron chi connectivity index (χ0n) is 14.9. The van der Waals surface area contributed by atoms with Gasteiger partial charge in [0, 0.05) is 22.4 Å². The van der Waals surface area contributed by atoms with Crippen LogP contribution in [-0.2, 0) is 16.3 Å². The van der Waals surface area contributed by atoms with Crippen LogP contribution < -0.4 is 5.32 Å². The summed E-state index contributed by atoms with van der Waals surface area (Å²) >= 11 is 7.50. The van der Waals surface area contributed by atoms with Crippen LogP contribution in [0.15, 0.2) is 46.5 Å². The van der Waals surface area contributed by atoms with Gasteiger partial charge in [0.2, 0.25) is 0 Å². The van der Waals surface area contributed by atoms with Gasteiger partial charge in [-0.15, -0.1) is 11.3 Å². The van der Waals surface area contributed by atoms with E-state index < -0.39 is 9.84 Å². The van der Waals surface area contributed by atoms with Gasteiger partial charge in [-0.05, 0) is 49.1 Å². The van der Waals surface area contributed by atoms with E-state index in [0.717, 1.165) is 45.2 Å². The minimum atomic E-state index is -3.11. The Morgan fingerprint density at radius 1 is 1.26 bits per heavy atom. The van der Waals surface area contributed by atoms with Crippen molar-refractivity contribution in [2.45, 2.75) is 26.7 Å². The molecular formula is C19H18ClN3O2S2. The maximum Gasteiger partial charge on any atom is 0.176 e. The van der Waals surface area contributed by atoms with Crippen molar-refractivity contribution in [2.75, 3.05) is 11.1 Å². The van der Waals surface area contributed by atoms with Crippen molar-refractivity contribution in [2.24, 2.45) is 0 Å². The molecule has 2 aliphatic rings. The fourth-order valence-corrected chi connectivity index (χ4v) is 5.76. The molecule has 3 heterocycles. The third kappa shape index (κ3) is 3.72. The maximum absolute atomic E-state index is 11.8. The van der Waals surface area contributed by atoms with Crippen molar-refractivity contribution >= 4 is 38.6 Å². The second-order valence-electron chi connectivity index (χ2n) is 6.53. The molecule has 0 spiro atoms. The first-order chi connectivity index (χ1) is 12.8. The van der Waals surface area contributed by atoms with Crippen LogP contribution in [0.25, 0.3) is 10.7 Å². The lowest BCUT2D eigenvalue weighted by atomic mass is 9.99. The summed E-state index contributed by atoms with van der Waals surface area (Å²) in [5.74, 6) is 1.46. The number of halogens is 1. The molecule has 2 aromatic rings. The number of sulfone groups is 1. The van der Waals surface area contributed by atoms with Crippen molar-refractivity contribution in [3.8, 4) is 10.7 Å². The number of rotatable bonds is 4. The number of nitrogens with one attached hydrogen (secondary N) is 1. The first-order valence-electron chi connectivity index (χ1n) is 8.59. The van der Waals surface area contributed by atoms with Gasteiger partial charge in [-0.3, -0.25) is 0 Å².